The number of imidazole rings is 1. The van der Waals surface area contributed by atoms with Crippen LogP contribution < -0.4 is 5.32 Å². The summed E-state index contributed by atoms with van der Waals surface area (Å²) >= 11 is 0. The van der Waals surface area contributed by atoms with E-state index in [1.54, 1.807) is 24.5 Å². The Morgan fingerprint density at radius 2 is 1.82 bits per heavy atom. The number of unbranched alkanes of at least 4 members (excludes halogenated alkanes) is 1. The number of hydrogen-bond acceptors (Lipinski definition) is 6. The van der Waals surface area contributed by atoms with E-state index in [-0.39, 0.29) is 19.0 Å². The lowest BCUT2D eigenvalue weighted by molar-refractivity contribution is 0.284. The first-order valence-corrected chi connectivity index (χ1v) is 10.9. The van der Waals surface area contributed by atoms with Gasteiger partial charge in [0.15, 0.2) is 0 Å². The maximum atomic E-state index is 9.25. The molecular weight excluding hydrogens is 436 g/mol. The Morgan fingerprint density at radius 3 is 2.58 bits per heavy atom. The second kappa shape index (κ2) is 9.99. The molecule has 0 atom stereocenters. The first-order valence-electron chi connectivity index (χ1n) is 10.9. The van der Waals surface area contributed by atoms with Crippen molar-refractivity contribution in [2.75, 3.05) is 11.9 Å². The number of aliphatic hydroxyl groups is 1. The van der Waals surface area contributed by atoms with E-state index in [9.17, 15) is 5.11 Å². The van der Waals surface area contributed by atoms with E-state index in [4.69, 9.17) is 5.26 Å². The van der Waals surface area contributed by atoms with Crippen LogP contribution in [0.1, 0.15) is 42.9 Å². The molecule has 0 amide bonds. The summed E-state index contributed by atoms with van der Waals surface area (Å²) < 4.78 is 2.29. The highest BCUT2D eigenvalue weighted by Gasteiger charge is 2.25. The Bertz CT molecular complexity index is 1310. The van der Waals surface area contributed by atoms with Crippen LogP contribution >= 0.6 is 12.4 Å². The zero-order chi connectivity index (χ0) is 21.9. The molecule has 4 aromatic rings. The molecule has 3 aromatic heterocycles. The summed E-state index contributed by atoms with van der Waals surface area (Å²) in [6.45, 7) is 0.204. The second-order valence-corrected chi connectivity index (χ2v) is 8.16. The summed E-state index contributed by atoms with van der Waals surface area (Å²) in [6, 6.07) is 14.5. The minimum Gasteiger partial charge on any atom is -0.396 e. The van der Waals surface area contributed by atoms with Crippen LogP contribution in [0.3, 0.4) is 0 Å². The molecule has 1 fully saturated rings. The van der Waals surface area contributed by atoms with Crippen LogP contribution in [0.15, 0.2) is 55.1 Å². The van der Waals surface area contributed by atoms with Gasteiger partial charge in [-0.1, -0.05) is 0 Å². The van der Waals surface area contributed by atoms with Gasteiger partial charge in [-0.3, -0.25) is 0 Å². The quantitative estimate of drug-likeness (QED) is 0.351. The smallest absolute Gasteiger partial charge is 0.132 e. The summed E-state index contributed by atoms with van der Waals surface area (Å²) in [7, 11) is 0. The number of pyridine rings is 2. The zero-order valence-electron chi connectivity index (χ0n) is 18.1. The number of aromatic nitrogens is 4. The Labute approximate surface area is 198 Å². The fourth-order valence-corrected chi connectivity index (χ4v) is 4.03. The third kappa shape index (κ3) is 4.98. The number of nitrogens with one attached hydrogen (secondary N) is 1. The molecule has 0 saturated heterocycles. The fraction of sp³-hybridized carbons (Fsp3) is 0.280. The van der Waals surface area contributed by atoms with Crippen molar-refractivity contribution in [3.05, 3.63) is 66.2 Å². The molecule has 0 spiro atoms. The van der Waals surface area contributed by atoms with Crippen LogP contribution in [0.4, 0.5) is 11.6 Å². The largest absolute Gasteiger partial charge is 0.396 e. The van der Waals surface area contributed by atoms with Crippen LogP contribution in [0, 0.1) is 11.3 Å². The van der Waals surface area contributed by atoms with Gasteiger partial charge in [0.05, 0.1) is 29.0 Å². The average molecular weight is 461 g/mol. The van der Waals surface area contributed by atoms with Gasteiger partial charge in [-0.05, 0) is 85.2 Å². The Hall–Kier alpha value is -3.47. The Balaban J connectivity index is 0.00000259. The molecule has 33 heavy (non-hydrogen) atoms. The number of nitriles is 1. The Morgan fingerprint density at radius 1 is 1.03 bits per heavy atom. The first-order chi connectivity index (χ1) is 15.7. The normalized spacial score (nSPS) is 12.8. The highest BCUT2D eigenvalue weighted by molar-refractivity contribution is 5.86. The van der Waals surface area contributed by atoms with Crippen molar-refractivity contribution in [1.29, 1.82) is 5.26 Å². The monoisotopic (exact) mass is 460 g/mol. The third-order valence-corrected chi connectivity index (χ3v) is 5.81. The van der Waals surface area contributed by atoms with Gasteiger partial charge in [-0.15, -0.1) is 12.4 Å². The minimum absolute atomic E-state index is 0. The van der Waals surface area contributed by atoms with E-state index in [0.717, 1.165) is 35.9 Å². The van der Waals surface area contributed by atoms with Gasteiger partial charge in [-0.25, -0.2) is 15.0 Å². The van der Waals surface area contributed by atoms with E-state index < -0.39 is 0 Å². The number of nitrogens with zero attached hydrogens (tertiary/aromatic N) is 5. The number of halogens is 1. The van der Waals surface area contributed by atoms with Crippen molar-refractivity contribution in [3.63, 3.8) is 0 Å². The van der Waals surface area contributed by atoms with Gasteiger partial charge in [0.2, 0.25) is 0 Å². The van der Waals surface area contributed by atoms with Gasteiger partial charge in [0.1, 0.15) is 11.6 Å². The summed E-state index contributed by atoms with van der Waals surface area (Å²) in [6.07, 6.45) is 10.4. The number of aliphatic hydroxyl groups excluding tert-OH is 1. The summed E-state index contributed by atoms with van der Waals surface area (Å²) in [5.74, 6) is 1.24. The van der Waals surface area contributed by atoms with Crippen LogP contribution in [-0.2, 0) is 6.42 Å². The number of benzene rings is 1. The lowest BCUT2D eigenvalue weighted by Gasteiger charge is -2.13. The molecule has 5 rings (SSSR count). The van der Waals surface area contributed by atoms with E-state index >= 15 is 0 Å². The predicted molar refractivity (Wildman–Crippen MR) is 131 cm³/mol. The molecule has 3 heterocycles. The molecule has 1 aliphatic carbocycles. The molecule has 0 unspecified atom stereocenters. The molecule has 7 nitrogen and oxygen atoms in total. The van der Waals surface area contributed by atoms with Gasteiger partial charge in [-0.2, -0.15) is 5.26 Å². The SMILES string of the molecule is Cl.N#Cc1ccnc(Nc2cc(-c3cc4ncn(C5CC5)c4cc3CCCCO)ccn2)c1. The third-order valence-electron chi connectivity index (χ3n) is 5.81. The lowest BCUT2D eigenvalue weighted by Crippen LogP contribution is -1.98. The van der Waals surface area contributed by atoms with Gasteiger partial charge in [0.25, 0.3) is 0 Å². The summed E-state index contributed by atoms with van der Waals surface area (Å²) in [4.78, 5) is 13.4. The lowest BCUT2D eigenvalue weighted by atomic mass is 9.95. The number of hydrogen-bond donors (Lipinski definition) is 2. The maximum Gasteiger partial charge on any atom is 0.132 e. The zero-order valence-corrected chi connectivity index (χ0v) is 18.9. The average Bonchev–Trinajstić information content (AvgIpc) is 3.58. The summed E-state index contributed by atoms with van der Waals surface area (Å²) in [5.41, 5.74) is 6.13. The molecule has 1 saturated carbocycles. The molecule has 0 aliphatic heterocycles. The fourth-order valence-electron chi connectivity index (χ4n) is 4.03. The molecule has 1 aromatic carbocycles. The first kappa shape index (κ1) is 22.7. The van der Waals surface area contributed by atoms with E-state index in [1.807, 2.05) is 18.5 Å². The molecule has 0 bridgehead atoms. The number of aryl methyl sites for hydroxylation is 1. The Kier molecular flexibility index (Phi) is 6.87. The van der Waals surface area contributed by atoms with E-state index in [0.29, 0.717) is 23.2 Å². The van der Waals surface area contributed by atoms with E-state index in [2.05, 4.69) is 43.0 Å². The molecule has 0 radical (unpaired) electrons. The summed E-state index contributed by atoms with van der Waals surface area (Å²) in [5, 5.41) is 21.6. The molecule has 8 heteroatoms. The number of fused-ring (bicyclic) bond motifs is 1. The van der Waals surface area contributed by atoms with Crippen molar-refractivity contribution in [3.8, 4) is 17.2 Å². The predicted octanol–water partition coefficient (Wildman–Crippen LogP) is 5.18. The molecule has 1 aliphatic rings. The highest BCUT2D eigenvalue weighted by atomic mass is 35.5. The van der Waals surface area contributed by atoms with E-state index in [1.165, 1.54) is 23.9 Å². The van der Waals surface area contributed by atoms with Crippen LogP contribution in [0.5, 0.6) is 0 Å². The maximum absolute atomic E-state index is 9.25. The van der Waals surface area contributed by atoms with Gasteiger partial charge >= 0.3 is 0 Å². The number of rotatable bonds is 8. The van der Waals surface area contributed by atoms with Gasteiger partial charge in [0, 0.05) is 25.0 Å². The van der Waals surface area contributed by atoms with Crippen LogP contribution in [-0.4, -0.2) is 31.2 Å². The standard InChI is InChI=1S/C25H24N6O.ClH/c26-15-17-6-8-27-24(11-17)30-25-13-19(7-9-28-25)21-14-22-23(12-18(21)3-1-2-10-32)31(16-29-22)20-4-5-20;/h6-9,11-14,16,20,32H,1-5,10H2,(H,27,28,30);1H. The number of anilines is 2. The second-order valence-electron chi connectivity index (χ2n) is 8.16. The topological polar surface area (TPSA) is 99.7 Å². The molecular formula is C25H25ClN6O. The van der Waals surface area contributed by atoms with Crippen molar-refractivity contribution >= 4 is 35.1 Å². The van der Waals surface area contributed by atoms with Gasteiger partial charge < -0.3 is 15.0 Å². The molecule has 168 valence electrons. The van der Waals surface area contributed by atoms with Crippen molar-refractivity contribution < 1.29 is 5.11 Å². The van der Waals surface area contributed by atoms with Crippen molar-refractivity contribution in [1.82, 2.24) is 19.5 Å². The molecule has 2 N–H and O–H groups in total. The minimum atomic E-state index is 0. The van der Waals surface area contributed by atoms with Crippen molar-refractivity contribution in [2.45, 2.75) is 38.1 Å². The van der Waals surface area contributed by atoms with Crippen molar-refractivity contribution in [2.24, 2.45) is 0 Å². The van der Waals surface area contributed by atoms with Crippen LogP contribution in [0.25, 0.3) is 22.2 Å². The highest BCUT2D eigenvalue weighted by Crippen LogP contribution is 2.39. The van der Waals surface area contributed by atoms with Crippen LogP contribution in [0.2, 0.25) is 0 Å².